The van der Waals surface area contributed by atoms with Gasteiger partial charge in [-0.25, -0.2) is 0 Å². The summed E-state index contributed by atoms with van der Waals surface area (Å²) < 4.78 is 9.89. The van der Waals surface area contributed by atoms with Gasteiger partial charge in [-0.2, -0.15) is 0 Å². The molecule has 0 aliphatic heterocycles. The second-order valence-electron chi connectivity index (χ2n) is 1.89. The Morgan fingerprint density at radius 2 is 2.00 bits per heavy atom. The lowest BCUT2D eigenvalue weighted by atomic mass is 10.4. The quantitative estimate of drug-likeness (QED) is 0.394. The fourth-order valence-corrected chi connectivity index (χ4v) is 0.654. The summed E-state index contributed by atoms with van der Waals surface area (Å²) in [6.07, 6.45) is 0.712. The maximum atomic E-state index is 5.20. The van der Waals surface area contributed by atoms with E-state index in [4.69, 9.17) is 15.2 Å². The van der Waals surface area contributed by atoms with Crippen LogP contribution in [0.3, 0.4) is 0 Å². The van der Waals surface area contributed by atoms with E-state index in [9.17, 15) is 0 Å². The fraction of sp³-hybridized carbons (Fsp3) is 1.00. The van der Waals surface area contributed by atoms with Crippen LogP contribution in [-0.4, -0.2) is 33.7 Å². The van der Waals surface area contributed by atoms with Crippen molar-refractivity contribution in [2.24, 2.45) is 5.73 Å². The lowest BCUT2D eigenvalue weighted by molar-refractivity contribution is -0.105. The van der Waals surface area contributed by atoms with E-state index < -0.39 is 0 Å². The summed E-state index contributed by atoms with van der Waals surface area (Å²) in [5.41, 5.74) is 5.20. The normalized spacial score (nSPS) is 10.8. The number of methoxy groups -OCH3 is 2. The Hall–Kier alpha value is -0.160. The second kappa shape index (κ2) is 6.95. The Kier molecular flexibility index (Phi) is 6.84. The first-order valence-corrected chi connectivity index (χ1v) is 3.31. The average Bonchev–Trinajstić information content (AvgIpc) is 1.99. The van der Waals surface area contributed by atoms with Crippen LogP contribution in [0, 0.1) is 0 Å². The molecule has 0 aliphatic rings. The molecule has 0 aliphatic carbocycles. The van der Waals surface area contributed by atoms with Crippen molar-refractivity contribution in [2.75, 3.05) is 27.4 Å². The number of hydrogen-bond acceptors (Lipinski definition) is 4. The van der Waals surface area contributed by atoms with Crippen LogP contribution in [-0.2, 0) is 9.47 Å². The third kappa shape index (κ3) is 4.69. The van der Waals surface area contributed by atoms with Crippen molar-refractivity contribution in [3.8, 4) is 0 Å². The summed E-state index contributed by atoms with van der Waals surface area (Å²) in [6.45, 7) is 1.32. The molecule has 0 spiro atoms. The van der Waals surface area contributed by atoms with Crippen LogP contribution < -0.4 is 11.1 Å². The van der Waals surface area contributed by atoms with E-state index in [0.29, 0.717) is 6.67 Å². The van der Waals surface area contributed by atoms with Crippen LogP contribution in [0.15, 0.2) is 0 Å². The first-order valence-electron chi connectivity index (χ1n) is 3.31. The largest absolute Gasteiger partial charge is 0.356 e. The van der Waals surface area contributed by atoms with E-state index >= 15 is 0 Å². The van der Waals surface area contributed by atoms with Gasteiger partial charge >= 0.3 is 0 Å². The molecule has 0 fully saturated rings. The van der Waals surface area contributed by atoms with Gasteiger partial charge in [0, 0.05) is 33.9 Å². The molecule has 0 saturated carbocycles. The number of hydrogen-bond donors (Lipinski definition) is 2. The Labute approximate surface area is 61.7 Å². The summed E-state index contributed by atoms with van der Waals surface area (Å²) in [7, 11) is 3.24. The van der Waals surface area contributed by atoms with Crippen molar-refractivity contribution in [3.63, 3.8) is 0 Å². The van der Waals surface area contributed by atoms with Gasteiger partial charge in [0.25, 0.3) is 0 Å². The van der Waals surface area contributed by atoms with Crippen molar-refractivity contribution < 1.29 is 9.47 Å². The van der Waals surface area contributed by atoms with Gasteiger partial charge in [0.15, 0.2) is 6.29 Å². The molecular weight excluding hydrogens is 132 g/mol. The Morgan fingerprint density at radius 1 is 1.40 bits per heavy atom. The number of nitrogens with two attached hydrogens (primary N) is 1. The fourth-order valence-electron chi connectivity index (χ4n) is 0.654. The monoisotopic (exact) mass is 148 g/mol. The highest BCUT2D eigenvalue weighted by molar-refractivity contribution is 4.46. The number of nitrogens with one attached hydrogen (secondary N) is 1. The van der Waals surface area contributed by atoms with E-state index in [2.05, 4.69) is 5.32 Å². The maximum Gasteiger partial charge on any atom is 0.158 e. The van der Waals surface area contributed by atoms with E-state index in [1.54, 1.807) is 14.2 Å². The molecular formula is C6H16N2O2. The highest BCUT2D eigenvalue weighted by atomic mass is 16.7. The molecule has 0 rings (SSSR count). The molecule has 0 aromatic rings. The SMILES string of the molecule is COC(CCNCN)OC. The molecule has 0 aromatic heterocycles. The first kappa shape index (κ1) is 9.84. The van der Waals surface area contributed by atoms with Crippen LogP contribution >= 0.6 is 0 Å². The zero-order chi connectivity index (χ0) is 7.82. The van der Waals surface area contributed by atoms with E-state index in [1.807, 2.05) is 0 Å². The number of ether oxygens (including phenoxy) is 2. The van der Waals surface area contributed by atoms with Crippen LogP contribution in [0.25, 0.3) is 0 Å². The van der Waals surface area contributed by atoms with Gasteiger partial charge in [-0.1, -0.05) is 0 Å². The Morgan fingerprint density at radius 3 is 2.40 bits per heavy atom. The molecule has 4 nitrogen and oxygen atoms in total. The van der Waals surface area contributed by atoms with Crippen LogP contribution in [0.2, 0.25) is 0 Å². The molecule has 3 N–H and O–H groups in total. The zero-order valence-corrected chi connectivity index (χ0v) is 6.59. The molecule has 0 amide bonds. The third-order valence-corrected chi connectivity index (χ3v) is 1.23. The molecule has 0 saturated heterocycles. The summed E-state index contributed by atoms with van der Waals surface area (Å²) in [5.74, 6) is 0. The van der Waals surface area contributed by atoms with E-state index in [0.717, 1.165) is 13.0 Å². The molecule has 10 heavy (non-hydrogen) atoms. The predicted molar refractivity (Wildman–Crippen MR) is 39.5 cm³/mol. The molecule has 0 radical (unpaired) electrons. The van der Waals surface area contributed by atoms with Gasteiger partial charge in [0.05, 0.1) is 0 Å². The highest BCUT2D eigenvalue weighted by Crippen LogP contribution is 1.94. The second-order valence-corrected chi connectivity index (χ2v) is 1.89. The van der Waals surface area contributed by atoms with E-state index in [-0.39, 0.29) is 6.29 Å². The van der Waals surface area contributed by atoms with Gasteiger partial charge in [0.2, 0.25) is 0 Å². The summed E-state index contributed by atoms with van der Waals surface area (Å²) in [4.78, 5) is 0. The van der Waals surface area contributed by atoms with Crippen molar-refractivity contribution in [3.05, 3.63) is 0 Å². The lowest BCUT2D eigenvalue weighted by Gasteiger charge is -2.12. The zero-order valence-electron chi connectivity index (χ0n) is 6.59. The van der Waals surface area contributed by atoms with Gasteiger partial charge in [-0.15, -0.1) is 0 Å². The molecule has 62 valence electrons. The van der Waals surface area contributed by atoms with Gasteiger partial charge in [-0.05, 0) is 0 Å². The minimum atomic E-state index is -0.112. The smallest absolute Gasteiger partial charge is 0.158 e. The molecule has 0 unspecified atom stereocenters. The standard InChI is InChI=1S/C6H16N2O2/c1-9-6(10-2)3-4-8-5-7/h6,8H,3-5,7H2,1-2H3. The van der Waals surface area contributed by atoms with Gasteiger partial charge < -0.3 is 20.5 Å². The van der Waals surface area contributed by atoms with Gasteiger partial charge in [-0.3, -0.25) is 0 Å². The molecule has 0 bridgehead atoms. The molecule has 0 atom stereocenters. The third-order valence-electron chi connectivity index (χ3n) is 1.23. The highest BCUT2D eigenvalue weighted by Gasteiger charge is 2.01. The minimum absolute atomic E-state index is 0.112. The summed E-state index contributed by atoms with van der Waals surface area (Å²) >= 11 is 0. The Balaban J connectivity index is 3.09. The van der Waals surface area contributed by atoms with Crippen molar-refractivity contribution in [1.29, 1.82) is 0 Å². The van der Waals surface area contributed by atoms with E-state index in [1.165, 1.54) is 0 Å². The van der Waals surface area contributed by atoms with Crippen molar-refractivity contribution in [2.45, 2.75) is 12.7 Å². The average molecular weight is 148 g/mol. The van der Waals surface area contributed by atoms with Gasteiger partial charge in [0.1, 0.15) is 0 Å². The first-order chi connectivity index (χ1) is 4.85. The molecule has 4 heteroatoms. The maximum absolute atomic E-state index is 5.20. The van der Waals surface area contributed by atoms with Crippen molar-refractivity contribution in [1.82, 2.24) is 5.32 Å². The molecule has 0 heterocycles. The van der Waals surface area contributed by atoms with Crippen molar-refractivity contribution >= 4 is 0 Å². The van der Waals surface area contributed by atoms with Crippen LogP contribution in [0.5, 0.6) is 0 Å². The summed E-state index contributed by atoms with van der Waals surface area (Å²) in [6, 6.07) is 0. The lowest BCUT2D eigenvalue weighted by Crippen LogP contribution is -2.27. The minimum Gasteiger partial charge on any atom is -0.356 e. The number of rotatable bonds is 6. The molecule has 0 aromatic carbocycles. The van der Waals surface area contributed by atoms with Crippen LogP contribution in [0.1, 0.15) is 6.42 Å². The Bertz CT molecular complexity index is 66.8. The summed E-state index contributed by atoms with van der Waals surface area (Å²) in [5, 5.41) is 2.97. The van der Waals surface area contributed by atoms with Crippen LogP contribution in [0.4, 0.5) is 0 Å². The topological polar surface area (TPSA) is 56.5 Å². The predicted octanol–water partition coefficient (Wildman–Crippen LogP) is -0.499.